The van der Waals surface area contributed by atoms with Crippen LogP contribution in [0.4, 0.5) is 17.6 Å². The minimum absolute atomic E-state index is 0.143. The van der Waals surface area contributed by atoms with E-state index in [1.807, 2.05) is 20.9 Å². The third-order valence-corrected chi connectivity index (χ3v) is 5.80. The second kappa shape index (κ2) is 6.99. The van der Waals surface area contributed by atoms with Crippen LogP contribution in [0.1, 0.15) is 25.0 Å². The number of hydrogen-bond donors (Lipinski definition) is 0. The van der Waals surface area contributed by atoms with Gasteiger partial charge in [-0.3, -0.25) is 4.48 Å². The molecular formula is C20H21ClF4NO+. The summed E-state index contributed by atoms with van der Waals surface area (Å²) in [5, 5.41) is -0.143. The van der Waals surface area contributed by atoms with E-state index >= 15 is 0 Å². The molecular weight excluding hydrogens is 382 g/mol. The van der Waals surface area contributed by atoms with Crippen molar-refractivity contribution in [2.75, 3.05) is 20.1 Å². The van der Waals surface area contributed by atoms with Crippen molar-refractivity contribution in [1.82, 2.24) is 0 Å². The highest BCUT2D eigenvalue weighted by Crippen LogP contribution is 2.45. The maximum absolute atomic E-state index is 13.5. The Bertz CT molecular complexity index is 862. The van der Waals surface area contributed by atoms with Crippen LogP contribution in [0.2, 0.25) is 5.02 Å². The predicted octanol–water partition coefficient (Wildman–Crippen LogP) is 5.91. The molecule has 2 aromatic rings. The van der Waals surface area contributed by atoms with E-state index in [1.54, 1.807) is 0 Å². The third-order valence-electron chi connectivity index (χ3n) is 5.51. The standard InChI is InChI=1S/C20H21ClF4NO/c1-4-26(3,5-2)18-10-13-8-14(20(23,24)25)11-15(19(13)27-18)12-6-7-17(22)16(21)9-12/h6-9,11,18H,4-5,10H2,1-3H3/q+1. The molecule has 1 atom stereocenters. The summed E-state index contributed by atoms with van der Waals surface area (Å²) in [6, 6.07) is 6.10. The van der Waals surface area contributed by atoms with Crippen LogP contribution >= 0.6 is 11.6 Å². The SMILES string of the molecule is CC[N+](C)(CC)C1Cc2cc(C(F)(F)F)cc(-c3ccc(F)c(Cl)c3)c2O1. The van der Waals surface area contributed by atoms with Crippen molar-refractivity contribution in [3.63, 3.8) is 0 Å². The molecule has 2 nitrogen and oxygen atoms in total. The number of fused-ring (bicyclic) bond motifs is 1. The number of hydrogen-bond acceptors (Lipinski definition) is 1. The van der Waals surface area contributed by atoms with E-state index in [1.165, 1.54) is 12.1 Å². The number of ether oxygens (including phenoxy) is 1. The Morgan fingerprint density at radius 3 is 2.37 bits per heavy atom. The van der Waals surface area contributed by atoms with Crippen LogP contribution in [0, 0.1) is 5.82 Å². The average Bonchev–Trinajstić information content (AvgIpc) is 3.06. The van der Waals surface area contributed by atoms with Gasteiger partial charge in [-0.25, -0.2) is 4.39 Å². The first-order chi connectivity index (χ1) is 12.6. The Balaban J connectivity index is 2.15. The molecule has 1 unspecified atom stereocenters. The fourth-order valence-electron chi connectivity index (χ4n) is 3.37. The summed E-state index contributed by atoms with van der Waals surface area (Å²) in [4.78, 5) is 0. The van der Waals surface area contributed by atoms with E-state index < -0.39 is 17.6 Å². The van der Waals surface area contributed by atoms with Crippen LogP contribution in [0.5, 0.6) is 5.75 Å². The van der Waals surface area contributed by atoms with Crippen LogP contribution in [0.15, 0.2) is 30.3 Å². The van der Waals surface area contributed by atoms with Crippen LogP contribution in [-0.4, -0.2) is 30.8 Å². The first-order valence-corrected chi connectivity index (χ1v) is 9.17. The Labute approximate surface area is 160 Å². The van der Waals surface area contributed by atoms with E-state index in [4.69, 9.17) is 16.3 Å². The lowest BCUT2D eigenvalue weighted by atomic mass is 9.97. The van der Waals surface area contributed by atoms with Gasteiger partial charge >= 0.3 is 6.18 Å². The first kappa shape index (κ1) is 20.0. The van der Waals surface area contributed by atoms with Gasteiger partial charge in [-0.2, -0.15) is 13.2 Å². The summed E-state index contributed by atoms with van der Waals surface area (Å²) in [7, 11) is 2.02. The number of alkyl halides is 3. The van der Waals surface area contributed by atoms with Gasteiger partial charge in [0.05, 0.1) is 37.1 Å². The van der Waals surface area contributed by atoms with Crippen molar-refractivity contribution in [1.29, 1.82) is 0 Å². The summed E-state index contributed by atoms with van der Waals surface area (Å²) in [5.41, 5.74) is 0.439. The van der Waals surface area contributed by atoms with Crippen molar-refractivity contribution in [2.45, 2.75) is 32.7 Å². The second-order valence-electron chi connectivity index (χ2n) is 7.03. The molecule has 0 spiro atoms. The van der Waals surface area contributed by atoms with Gasteiger partial charge in [-0.15, -0.1) is 0 Å². The minimum Gasteiger partial charge on any atom is -0.441 e. The second-order valence-corrected chi connectivity index (χ2v) is 7.43. The molecule has 0 N–H and O–H groups in total. The lowest BCUT2D eigenvalue weighted by Crippen LogP contribution is -2.54. The molecule has 0 radical (unpaired) electrons. The molecule has 7 heteroatoms. The minimum atomic E-state index is -4.49. The largest absolute Gasteiger partial charge is 0.441 e. The Morgan fingerprint density at radius 2 is 1.81 bits per heavy atom. The lowest BCUT2D eigenvalue weighted by Gasteiger charge is -2.36. The predicted molar refractivity (Wildman–Crippen MR) is 97.2 cm³/mol. The monoisotopic (exact) mass is 402 g/mol. The summed E-state index contributed by atoms with van der Waals surface area (Å²) in [6.07, 6.45) is -4.37. The molecule has 0 amide bonds. The Morgan fingerprint density at radius 1 is 1.15 bits per heavy atom. The highest BCUT2D eigenvalue weighted by molar-refractivity contribution is 6.31. The fourth-order valence-corrected chi connectivity index (χ4v) is 3.55. The maximum atomic E-state index is 13.5. The van der Waals surface area contributed by atoms with Crippen molar-refractivity contribution in [3.8, 4) is 16.9 Å². The molecule has 0 saturated heterocycles. The Kier molecular flexibility index (Phi) is 5.16. The lowest BCUT2D eigenvalue weighted by molar-refractivity contribution is -0.946. The smallest absolute Gasteiger partial charge is 0.416 e. The molecule has 1 aliphatic heterocycles. The van der Waals surface area contributed by atoms with Crippen molar-refractivity contribution in [2.24, 2.45) is 0 Å². The highest BCUT2D eigenvalue weighted by atomic mass is 35.5. The van der Waals surface area contributed by atoms with E-state index in [2.05, 4.69) is 0 Å². The zero-order valence-corrected chi connectivity index (χ0v) is 16.1. The van der Waals surface area contributed by atoms with Gasteiger partial charge in [0, 0.05) is 11.1 Å². The van der Waals surface area contributed by atoms with Gasteiger partial charge in [-0.1, -0.05) is 17.7 Å². The van der Waals surface area contributed by atoms with Crippen LogP contribution in [0.25, 0.3) is 11.1 Å². The van der Waals surface area contributed by atoms with Crippen molar-refractivity contribution in [3.05, 3.63) is 52.3 Å². The van der Waals surface area contributed by atoms with Gasteiger partial charge in [0.2, 0.25) is 6.23 Å². The maximum Gasteiger partial charge on any atom is 0.416 e. The zero-order chi connectivity index (χ0) is 20.0. The summed E-state index contributed by atoms with van der Waals surface area (Å²) in [5.74, 6) is -0.203. The van der Waals surface area contributed by atoms with E-state index in [9.17, 15) is 17.6 Å². The number of halogens is 5. The van der Waals surface area contributed by atoms with Crippen molar-refractivity contribution >= 4 is 11.6 Å². The van der Waals surface area contributed by atoms with Gasteiger partial charge in [0.15, 0.2) is 0 Å². The van der Waals surface area contributed by atoms with E-state index in [0.29, 0.717) is 27.8 Å². The molecule has 0 bridgehead atoms. The molecule has 27 heavy (non-hydrogen) atoms. The third kappa shape index (κ3) is 3.65. The van der Waals surface area contributed by atoms with Crippen molar-refractivity contribution < 1.29 is 26.8 Å². The number of nitrogens with zero attached hydrogens (tertiary/aromatic N) is 1. The number of quaternary nitrogens is 1. The molecule has 1 heterocycles. The van der Waals surface area contributed by atoms with Gasteiger partial charge < -0.3 is 4.74 Å². The molecule has 0 saturated carbocycles. The molecule has 0 aliphatic carbocycles. The molecule has 0 aromatic heterocycles. The summed E-state index contributed by atoms with van der Waals surface area (Å²) in [6.45, 7) is 5.63. The summed E-state index contributed by atoms with van der Waals surface area (Å²) >= 11 is 5.85. The van der Waals surface area contributed by atoms with E-state index in [-0.39, 0.29) is 16.8 Å². The topological polar surface area (TPSA) is 9.23 Å². The van der Waals surface area contributed by atoms with Crippen LogP contribution < -0.4 is 4.74 Å². The number of likely N-dealkylation sites (N-methyl/N-ethyl adjacent to an activating group) is 1. The molecule has 0 fully saturated rings. The van der Waals surface area contributed by atoms with Gasteiger partial charge in [0.1, 0.15) is 11.6 Å². The number of rotatable bonds is 4. The Hall–Kier alpha value is -1.79. The molecule has 2 aromatic carbocycles. The van der Waals surface area contributed by atoms with E-state index in [0.717, 1.165) is 31.3 Å². The number of benzene rings is 2. The molecule has 146 valence electrons. The highest BCUT2D eigenvalue weighted by Gasteiger charge is 2.41. The summed E-state index contributed by atoms with van der Waals surface area (Å²) < 4.78 is 60.5. The van der Waals surface area contributed by atoms with Gasteiger partial charge in [0.25, 0.3) is 0 Å². The normalized spacial score (nSPS) is 17.0. The fraction of sp³-hybridized carbons (Fsp3) is 0.400. The molecule has 3 rings (SSSR count). The quantitative estimate of drug-likeness (QED) is 0.456. The average molecular weight is 403 g/mol. The first-order valence-electron chi connectivity index (χ1n) is 8.79. The van der Waals surface area contributed by atoms with Crippen LogP contribution in [-0.2, 0) is 12.6 Å². The molecule has 1 aliphatic rings. The van der Waals surface area contributed by atoms with Crippen LogP contribution in [0.3, 0.4) is 0 Å². The van der Waals surface area contributed by atoms with Gasteiger partial charge in [-0.05, 0) is 43.7 Å². The zero-order valence-electron chi connectivity index (χ0n) is 15.3.